The van der Waals surface area contributed by atoms with Gasteiger partial charge in [-0.15, -0.1) is 0 Å². The Labute approximate surface area is 138 Å². The molecular formula is C20H24N2O. The van der Waals surface area contributed by atoms with Crippen LogP contribution in [0, 0.1) is 6.92 Å². The van der Waals surface area contributed by atoms with E-state index in [-0.39, 0.29) is 5.78 Å². The molecule has 120 valence electrons. The number of nitrogens with zero attached hydrogens (tertiary/aromatic N) is 2. The van der Waals surface area contributed by atoms with Gasteiger partial charge in [0.1, 0.15) is 0 Å². The van der Waals surface area contributed by atoms with Crippen LogP contribution >= 0.6 is 0 Å². The molecule has 1 fully saturated rings. The van der Waals surface area contributed by atoms with Crippen molar-refractivity contribution in [2.45, 2.75) is 6.92 Å². The van der Waals surface area contributed by atoms with Gasteiger partial charge in [0, 0.05) is 31.7 Å². The van der Waals surface area contributed by atoms with E-state index in [4.69, 9.17) is 0 Å². The standard InChI is InChI=1S/C20H24N2O/c1-16-3-5-17(6-4-16)18-7-9-19(10-8-18)20(23)15-22-13-11-21(2)12-14-22/h3-10H,11-15H2,1-2H3. The molecule has 0 atom stereocenters. The zero-order valence-corrected chi connectivity index (χ0v) is 14.0. The lowest BCUT2D eigenvalue weighted by atomic mass is 10.0. The topological polar surface area (TPSA) is 23.6 Å². The Hall–Kier alpha value is -1.97. The molecule has 0 unspecified atom stereocenters. The predicted molar refractivity (Wildman–Crippen MR) is 94.9 cm³/mol. The highest BCUT2D eigenvalue weighted by atomic mass is 16.1. The van der Waals surface area contributed by atoms with Gasteiger partial charge in [-0.1, -0.05) is 54.1 Å². The van der Waals surface area contributed by atoms with Crippen LogP contribution in [-0.2, 0) is 0 Å². The van der Waals surface area contributed by atoms with Crippen molar-refractivity contribution in [3.8, 4) is 11.1 Å². The molecule has 0 aromatic heterocycles. The van der Waals surface area contributed by atoms with Crippen LogP contribution in [-0.4, -0.2) is 55.4 Å². The first-order valence-corrected chi connectivity index (χ1v) is 8.23. The van der Waals surface area contributed by atoms with Crippen molar-refractivity contribution in [2.24, 2.45) is 0 Å². The number of piperazine rings is 1. The summed E-state index contributed by atoms with van der Waals surface area (Å²) < 4.78 is 0. The number of carbonyl (C=O) groups is 1. The first-order chi connectivity index (χ1) is 11.1. The number of hydrogen-bond donors (Lipinski definition) is 0. The maximum absolute atomic E-state index is 12.4. The fraction of sp³-hybridized carbons (Fsp3) is 0.350. The molecule has 1 aliphatic heterocycles. The third-order valence-corrected chi connectivity index (χ3v) is 4.55. The Balaban J connectivity index is 1.64. The van der Waals surface area contributed by atoms with Crippen molar-refractivity contribution in [3.63, 3.8) is 0 Å². The molecule has 0 bridgehead atoms. The van der Waals surface area contributed by atoms with Crippen LogP contribution < -0.4 is 0 Å². The number of benzene rings is 2. The molecule has 3 nitrogen and oxygen atoms in total. The minimum absolute atomic E-state index is 0.213. The second kappa shape index (κ2) is 7.07. The van der Waals surface area contributed by atoms with E-state index in [0.29, 0.717) is 6.54 Å². The van der Waals surface area contributed by atoms with Crippen molar-refractivity contribution in [1.29, 1.82) is 0 Å². The van der Waals surface area contributed by atoms with E-state index in [1.54, 1.807) is 0 Å². The molecule has 1 heterocycles. The molecule has 0 spiro atoms. The first-order valence-electron chi connectivity index (χ1n) is 8.23. The molecule has 0 saturated carbocycles. The molecule has 0 aliphatic carbocycles. The van der Waals surface area contributed by atoms with Crippen LogP contribution in [0.2, 0.25) is 0 Å². The van der Waals surface area contributed by atoms with E-state index < -0.39 is 0 Å². The molecule has 1 saturated heterocycles. The third kappa shape index (κ3) is 4.06. The molecule has 3 heteroatoms. The second-order valence-electron chi connectivity index (χ2n) is 6.45. The minimum atomic E-state index is 0.213. The summed E-state index contributed by atoms with van der Waals surface area (Å²) in [4.78, 5) is 17.0. The summed E-state index contributed by atoms with van der Waals surface area (Å²) in [5, 5.41) is 0. The number of hydrogen-bond acceptors (Lipinski definition) is 3. The number of rotatable bonds is 4. The molecule has 3 rings (SSSR count). The molecule has 0 N–H and O–H groups in total. The molecule has 2 aromatic rings. The minimum Gasteiger partial charge on any atom is -0.304 e. The van der Waals surface area contributed by atoms with Crippen LogP contribution in [0.15, 0.2) is 48.5 Å². The Morgan fingerprint density at radius 2 is 1.39 bits per heavy atom. The van der Waals surface area contributed by atoms with Gasteiger partial charge in [0.05, 0.1) is 6.54 Å². The summed E-state index contributed by atoms with van der Waals surface area (Å²) >= 11 is 0. The SMILES string of the molecule is Cc1ccc(-c2ccc(C(=O)CN3CCN(C)CC3)cc2)cc1. The largest absolute Gasteiger partial charge is 0.304 e. The van der Waals surface area contributed by atoms with Gasteiger partial charge in [0.15, 0.2) is 5.78 Å². The monoisotopic (exact) mass is 308 g/mol. The van der Waals surface area contributed by atoms with E-state index in [0.717, 1.165) is 37.3 Å². The summed E-state index contributed by atoms with van der Waals surface area (Å²) in [6.45, 7) is 6.65. The average molecular weight is 308 g/mol. The maximum Gasteiger partial charge on any atom is 0.176 e. The maximum atomic E-state index is 12.4. The van der Waals surface area contributed by atoms with Crippen LogP contribution in [0.4, 0.5) is 0 Å². The summed E-state index contributed by atoms with van der Waals surface area (Å²) in [6, 6.07) is 16.5. The van der Waals surface area contributed by atoms with Gasteiger partial charge in [-0.25, -0.2) is 0 Å². The van der Waals surface area contributed by atoms with Gasteiger partial charge in [-0.05, 0) is 25.1 Å². The predicted octanol–water partition coefficient (Wildman–Crippen LogP) is 3.09. The van der Waals surface area contributed by atoms with Gasteiger partial charge in [-0.3, -0.25) is 9.69 Å². The molecular weight excluding hydrogens is 284 g/mol. The summed E-state index contributed by atoms with van der Waals surface area (Å²) in [6.07, 6.45) is 0. The van der Waals surface area contributed by atoms with E-state index in [9.17, 15) is 4.79 Å². The number of ketones is 1. The third-order valence-electron chi connectivity index (χ3n) is 4.55. The summed E-state index contributed by atoms with van der Waals surface area (Å²) in [5.74, 6) is 0.213. The summed E-state index contributed by atoms with van der Waals surface area (Å²) in [5.41, 5.74) is 4.40. The number of carbonyl (C=O) groups excluding carboxylic acids is 1. The van der Waals surface area contributed by atoms with Crippen LogP contribution in [0.25, 0.3) is 11.1 Å². The molecule has 23 heavy (non-hydrogen) atoms. The van der Waals surface area contributed by atoms with E-state index >= 15 is 0 Å². The lowest BCUT2D eigenvalue weighted by molar-refractivity contribution is 0.0876. The van der Waals surface area contributed by atoms with Crippen molar-refractivity contribution < 1.29 is 4.79 Å². The highest BCUT2D eigenvalue weighted by Gasteiger charge is 2.17. The smallest absolute Gasteiger partial charge is 0.176 e. The van der Waals surface area contributed by atoms with Gasteiger partial charge in [0.2, 0.25) is 0 Å². The normalized spacial score (nSPS) is 16.4. The molecule has 0 radical (unpaired) electrons. The van der Waals surface area contributed by atoms with Crippen molar-refractivity contribution in [1.82, 2.24) is 9.80 Å². The zero-order chi connectivity index (χ0) is 16.2. The number of aryl methyl sites for hydroxylation is 1. The average Bonchev–Trinajstić information content (AvgIpc) is 2.58. The molecule has 2 aromatic carbocycles. The fourth-order valence-electron chi connectivity index (χ4n) is 2.89. The quantitative estimate of drug-likeness (QED) is 0.811. The van der Waals surface area contributed by atoms with E-state index in [2.05, 4.69) is 48.0 Å². The number of likely N-dealkylation sites (N-methyl/N-ethyl adjacent to an activating group) is 1. The Morgan fingerprint density at radius 1 is 0.870 bits per heavy atom. The molecule has 0 amide bonds. The lowest BCUT2D eigenvalue weighted by Gasteiger charge is -2.31. The molecule has 1 aliphatic rings. The Kier molecular flexibility index (Phi) is 4.89. The lowest BCUT2D eigenvalue weighted by Crippen LogP contribution is -2.46. The summed E-state index contributed by atoms with van der Waals surface area (Å²) in [7, 11) is 2.13. The van der Waals surface area contributed by atoms with E-state index in [1.807, 2.05) is 24.3 Å². The van der Waals surface area contributed by atoms with Gasteiger partial charge < -0.3 is 4.90 Å². The second-order valence-corrected chi connectivity index (χ2v) is 6.45. The highest BCUT2D eigenvalue weighted by Crippen LogP contribution is 2.20. The van der Waals surface area contributed by atoms with Crippen LogP contribution in [0.3, 0.4) is 0 Å². The van der Waals surface area contributed by atoms with Gasteiger partial charge in [0.25, 0.3) is 0 Å². The van der Waals surface area contributed by atoms with Crippen molar-refractivity contribution >= 4 is 5.78 Å². The van der Waals surface area contributed by atoms with Gasteiger partial charge in [-0.2, -0.15) is 0 Å². The zero-order valence-electron chi connectivity index (χ0n) is 14.0. The van der Waals surface area contributed by atoms with Crippen molar-refractivity contribution in [3.05, 3.63) is 59.7 Å². The van der Waals surface area contributed by atoms with Crippen LogP contribution in [0.1, 0.15) is 15.9 Å². The van der Waals surface area contributed by atoms with Crippen molar-refractivity contribution in [2.75, 3.05) is 39.8 Å². The first kappa shape index (κ1) is 15.9. The van der Waals surface area contributed by atoms with Crippen LogP contribution in [0.5, 0.6) is 0 Å². The Morgan fingerprint density at radius 3 is 1.96 bits per heavy atom. The fourth-order valence-corrected chi connectivity index (χ4v) is 2.89. The van der Waals surface area contributed by atoms with Gasteiger partial charge >= 0.3 is 0 Å². The Bertz CT molecular complexity index is 653. The van der Waals surface area contributed by atoms with E-state index in [1.165, 1.54) is 11.1 Å². The number of Topliss-reactive ketones (excluding diaryl/α,β-unsaturated/α-hetero) is 1. The highest BCUT2D eigenvalue weighted by molar-refractivity contribution is 5.98.